The molecule has 2 aromatic carbocycles. The lowest BCUT2D eigenvalue weighted by atomic mass is 10.1. The van der Waals surface area contributed by atoms with E-state index in [9.17, 15) is 4.39 Å². The second kappa shape index (κ2) is 6.76. The predicted molar refractivity (Wildman–Crippen MR) is 82.8 cm³/mol. The third kappa shape index (κ3) is 3.85. The zero-order valence-electron chi connectivity index (χ0n) is 10.3. The van der Waals surface area contributed by atoms with Gasteiger partial charge in [0.25, 0.3) is 0 Å². The lowest BCUT2D eigenvalue weighted by molar-refractivity contribution is 0.305. The second-order valence-electron chi connectivity index (χ2n) is 4.16. The molecule has 0 heterocycles. The molecule has 0 saturated heterocycles. The van der Waals surface area contributed by atoms with Gasteiger partial charge >= 0.3 is 0 Å². The maximum atomic E-state index is 13.4. The molecule has 0 aromatic heterocycles. The Morgan fingerprint density at radius 2 is 1.75 bits per heavy atom. The lowest BCUT2D eigenvalue weighted by Crippen LogP contribution is -2.01. The van der Waals surface area contributed by atoms with Crippen molar-refractivity contribution in [3.05, 3.63) is 61.8 Å². The summed E-state index contributed by atoms with van der Waals surface area (Å²) in [6.07, 6.45) is 0. The second-order valence-corrected chi connectivity index (χ2v) is 5.83. The molecule has 0 bridgehead atoms. The van der Waals surface area contributed by atoms with Gasteiger partial charge in [0.1, 0.15) is 18.2 Å². The molecule has 0 aliphatic heterocycles. The maximum absolute atomic E-state index is 13.4. The van der Waals surface area contributed by atoms with Gasteiger partial charge in [0.2, 0.25) is 0 Å². The molecule has 0 radical (unpaired) electrons. The Kier molecular flexibility index (Phi) is 5.27. The minimum absolute atomic E-state index is 0.183. The van der Waals surface area contributed by atoms with E-state index in [1.807, 2.05) is 0 Å². The van der Waals surface area contributed by atoms with Gasteiger partial charge in [0, 0.05) is 17.1 Å². The quantitative estimate of drug-likeness (QED) is 0.765. The summed E-state index contributed by atoms with van der Waals surface area (Å²) in [6, 6.07) is 7.84. The third-order valence-corrected chi connectivity index (χ3v) is 4.11. The summed E-state index contributed by atoms with van der Waals surface area (Å²) in [5, 5.41) is 0.919. The first-order chi connectivity index (χ1) is 9.49. The SMILES string of the molecule is NCc1cc(F)cc(COc2cc(Cl)c(Br)cc2Cl)c1. The number of benzene rings is 2. The van der Waals surface area contributed by atoms with E-state index >= 15 is 0 Å². The number of ether oxygens (including phenoxy) is 1. The van der Waals surface area contributed by atoms with Gasteiger partial charge in [0.15, 0.2) is 0 Å². The van der Waals surface area contributed by atoms with Crippen molar-refractivity contribution in [2.45, 2.75) is 13.2 Å². The number of hydrogen-bond acceptors (Lipinski definition) is 2. The van der Waals surface area contributed by atoms with Crippen LogP contribution >= 0.6 is 39.1 Å². The summed E-state index contributed by atoms with van der Waals surface area (Å²) in [4.78, 5) is 0. The van der Waals surface area contributed by atoms with Crippen LogP contribution in [0.15, 0.2) is 34.8 Å². The smallest absolute Gasteiger partial charge is 0.139 e. The van der Waals surface area contributed by atoms with Crippen molar-refractivity contribution in [2.24, 2.45) is 5.73 Å². The molecular weight excluding hydrogens is 368 g/mol. The van der Waals surface area contributed by atoms with Crippen molar-refractivity contribution >= 4 is 39.1 Å². The fourth-order valence-electron chi connectivity index (χ4n) is 1.69. The highest BCUT2D eigenvalue weighted by molar-refractivity contribution is 9.10. The molecule has 106 valence electrons. The van der Waals surface area contributed by atoms with Crippen LogP contribution in [0.2, 0.25) is 10.0 Å². The third-order valence-electron chi connectivity index (χ3n) is 2.62. The molecule has 0 atom stereocenters. The van der Waals surface area contributed by atoms with Crippen molar-refractivity contribution in [1.29, 1.82) is 0 Å². The van der Waals surface area contributed by atoms with E-state index in [0.29, 0.717) is 31.4 Å². The predicted octanol–water partition coefficient (Wildman–Crippen LogP) is 4.93. The lowest BCUT2D eigenvalue weighted by Gasteiger charge is -2.10. The first-order valence-electron chi connectivity index (χ1n) is 5.75. The minimum Gasteiger partial charge on any atom is -0.487 e. The van der Waals surface area contributed by atoms with E-state index in [-0.39, 0.29) is 19.0 Å². The van der Waals surface area contributed by atoms with Gasteiger partial charge in [-0.05, 0) is 45.3 Å². The van der Waals surface area contributed by atoms with E-state index in [0.717, 1.165) is 0 Å². The standard InChI is InChI=1S/C14H11BrCl2FNO/c15-11-4-13(17)14(5-12(11)16)20-7-9-1-8(6-19)2-10(18)3-9/h1-5H,6-7,19H2. The Morgan fingerprint density at radius 3 is 2.45 bits per heavy atom. The van der Waals surface area contributed by atoms with Crippen LogP contribution < -0.4 is 10.5 Å². The number of halogens is 4. The summed E-state index contributed by atoms with van der Waals surface area (Å²) < 4.78 is 19.6. The number of rotatable bonds is 4. The van der Waals surface area contributed by atoms with E-state index in [1.54, 1.807) is 18.2 Å². The molecule has 0 aliphatic rings. The molecule has 0 aliphatic carbocycles. The van der Waals surface area contributed by atoms with Crippen LogP contribution in [0.5, 0.6) is 5.75 Å². The average molecular weight is 379 g/mol. The molecule has 0 amide bonds. The number of nitrogens with two attached hydrogens (primary N) is 1. The molecule has 2 rings (SSSR count). The van der Waals surface area contributed by atoms with Crippen LogP contribution in [0.1, 0.15) is 11.1 Å². The normalized spacial score (nSPS) is 10.7. The minimum atomic E-state index is -0.341. The van der Waals surface area contributed by atoms with E-state index < -0.39 is 0 Å². The maximum Gasteiger partial charge on any atom is 0.139 e. The van der Waals surface area contributed by atoms with Crippen molar-refractivity contribution in [1.82, 2.24) is 0 Å². The van der Waals surface area contributed by atoms with Crippen LogP contribution in [-0.2, 0) is 13.2 Å². The van der Waals surface area contributed by atoms with Gasteiger partial charge in [0.05, 0.1) is 10.0 Å². The summed E-state index contributed by atoms with van der Waals surface area (Å²) >= 11 is 15.3. The van der Waals surface area contributed by atoms with Crippen molar-refractivity contribution in [3.63, 3.8) is 0 Å². The highest BCUT2D eigenvalue weighted by atomic mass is 79.9. The van der Waals surface area contributed by atoms with Gasteiger partial charge in [-0.25, -0.2) is 4.39 Å². The molecule has 0 unspecified atom stereocenters. The molecule has 20 heavy (non-hydrogen) atoms. The van der Waals surface area contributed by atoms with E-state index in [4.69, 9.17) is 33.7 Å². The molecule has 0 spiro atoms. The van der Waals surface area contributed by atoms with Gasteiger partial charge in [-0.3, -0.25) is 0 Å². The first-order valence-corrected chi connectivity index (χ1v) is 7.30. The Hall–Kier alpha value is -0.810. The topological polar surface area (TPSA) is 35.2 Å². The van der Waals surface area contributed by atoms with Crippen molar-refractivity contribution < 1.29 is 9.13 Å². The molecule has 2 N–H and O–H groups in total. The summed E-state index contributed by atoms with van der Waals surface area (Å²) in [6.45, 7) is 0.456. The Balaban J connectivity index is 2.16. The summed E-state index contributed by atoms with van der Waals surface area (Å²) in [5.74, 6) is 0.102. The van der Waals surface area contributed by atoms with Crippen molar-refractivity contribution in [2.75, 3.05) is 0 Å². The van der Waals surface area contributed by atoms with Crippen molar-refractivity contribution in [3.8, 4) is 5.75 Å². The Bertz CT molecular complexity index is 637. The zero-order valence-corrected chi connectivity index (χ0v) is 13.4. The van der Waals surface area contributed by atoms with Crippen LogP contribution in [0, 0.1) is 5.82 Å². The van der Waals surface area contributed by atoms with E-state index in [2.05, 4.69) is 15.9 Å². The Labute approximate surface area is 134 Å². The molecule has 0 fully saturated rings. The van der Waals surface area contributed by atoms with Crippen LogP contribution in [0.25, 0.3) is 0 Å². The fraction of sp³-hybridized carbons (Fsp3) is 0.143. The van der Waals surface area contributed by atoms with Crippen LogP contribution in [-0.4, -0.2) is 0 Å². The fourth-order valence-corrected chi connectivity index (χ4v) is 2.54. The van der Waals surface area contributed by atoms with Crippen LogP contribution in [0.4, 0.5) is 4.39 Å². The van der Waals surface area contributed by atoms with Gasteiger partial charge < -0.3 is 10.5 Å². The Morgan fingerprint density at radius 1 is 1.05 bits per heavy atom. The van der Waals surface area contributed by atoms with E-state index in [1.165, 1.54) is 12.1 Å². The summed E-state index contributed by atoms with van der Waals surface area (Å²) in [5.41, 5.74) is 6.90. The van der Waals surface area contributed by atoms with Crippen LogP contribution in [0.3, 0.4) is 0 Å². The molecular formula is C14H11BrCl2FNO. The largest absolute Gasteiger partial charge is 0.487 e. The van der Waals surface area contributed by atoms with Gasteiger partial charge in [-0.1, -0.05) is 29.3 Å². The molecule has 2 nitrogen and oxygen atoms in total. The first kappa shape index (κ1) is 15.6. The molecule has 0 saturated carbocycles. The summed E-state index contributed by atoms with van der Waals surface area (Å²) in [7, 11) is 0. The molecule has 2 aromatic rings. The average Bonchev–Trinajstić information content (AvgIpc) is 2.40. The van der Waals surface area contributed by atoms with Gasteiger partial charge in [-0.15, -0.1) is 0 Å². The zero-order chi connectivity index (χ0) is 14.7. The number of hydrogen-bond donors (Lipinski definition) is 1. The van der Waals surface area contributed by atoms with Gasteiger partial charge in [-0.2, -0.15) is 0 Å². The molecule has 6 heteroatoms. The highest BCUT2D eigenvalue weighted by Gasteiger charge is 2.08. The monoisotopic (exact) mass is 377 g/mol. The highest BCUT2D eigenvalue weighted by Crippen LogP contribution is 2.34.